The summed E-state index contributed by atoms with van der Waals surface area (Å²) < 4.78 is 31.5. The number of carboxylic acids is 1. The summed E-state index contributed by atoms with van der Waals surface area (Å²) in [6, 6.07) is 7.89. The molecule has 0 saturated carbocycles. The highest BCUT2D eigenvalue weighted by molar-refractivity contribution is 8.00. The van der Waals surface area contributed by atoms with Crippen LogP contribution in [0.5, 0.6) is 5.75 Å². The smallest absolute Gasteiger partial charge is 0.307 e. The summed E-state index contributed by atoms with van der Waals surface area (Å²) in [6.45, 7) is 12.4. The Morgan fingerprint density at radius 3 is 2.09 bits per heavy atom. The van der Waals surface area contributed by atoms with E-state index in [0.29, 0.717) is 49.3 Å². The standard InChI is InChI=1S/C56H80N6O15.C21H36N2O9S/c1-7-11-50(69)57-19-21-76-22-23-77-32-41(66)26-37(24-33(2)3)52(70)61-51(35(6)64)49(68)29-43(34(4)5)53(71)60-46(31-63)55(73)62-20-10-14-47(62)54(72)59-45(27-39-30-58-44-13-9-8-12-42(39)44)48(67)28-38(56(74)75)25-36-15-17-40(65)18-16-36;1-4-15(13-24)32-20(30-3)14-31-19(27)7-5-6-17(25)22-8-9-23-18(26)12-16(21(23)28)33-11-10-29-2/h8-9,12-13,15-18,30,33-35,37-38,43,45-47,51,58,63-65H,7,10-11,14,19-29,31-32H2,1-6H3,(H,57,69)(H,59,72)(H,60,71)(H,61,70)(H,74,75);15-16,20,24H,4-14H2,1-3H3,(H,22,25)/t35-,37-,38-,43+,45+,46+,47+,51+;/m1./s1. The number of nitrogens with one attached hydrogen (secondary N) is 6. The number of ether oxygens (including phenoxy) is 6. The molecule has 2 aromatic carbocycles. The molecule has 1 aromatic heterocycles. The predicted octanol–water partition coefficient (Wildman–Crippen LogP) is 3.02. The molecule has 0 bridgehead atoms. The predicted molar refractivity (Wildman–Crippen MR) is 404 cm³/mol. The normalized spacial score (nSPS) is 16.7. The summed E-state index contributed by atoms with van der Waals surface area (Å²) in [6.07, 6.45) is 1.11. The number of fused-ring (bicyclic) bond motifs is 1. The van der Waals surface area contributed by atoms with Crippen molar-refractivity contribution in [2.24, 2.45) is 29.6 Å². The lowest BCUT2D eigenvalue weighted by molar-refractivity contribution is -0.194. The number of hydrogen-bond acceptors (Lipinski definition) is 24. The number of carbonyl (C=O) groups is 13. The van der Waals surface area contributed by atoms with Crippen molar-refractivity contribution >= 4 is 99.2 Å². The van der Waals surface area contributed by atoms with Gasteiger partial charge in [0, 0.05) is 126 Å². The lowest BCUT2D eigenvalue weighted by Gasteiger charge is -2.31. The summed E-state index contributed by atoms with van der Waals surface area (Å²) in [7, 11) is 2.99. The van der Waals surface area contributed by atoms with Gasteiger partial charge in [0.15, 0.2) is 23.6 Å². The summed E-state index contributed by atoms with van der Waals surface area (Å²) in [5.41, 5.74) is 2.03. The number of likely N-dealkylation sites (tertiary alicyclic amines) is 2. The molecule has 614 valence electrons. The molecule has 2 aliphatic heterocycles. The highest BCUT2D eigenvalue weighted by Crippen LogP contribution is 2.28. The van der Waals surface area contributed by atoms with Gasteiger partial charge in [0.2, 0.25) is 47.3 Å². The van der Waals surface area contributed by atoms with E-state index >= 15 is 0 Å². The second-order valence-electron chi connectivity index (χ2n) is 28.1. The summed E-state index contributed by atoms with van der Waals surface area (Å²) in [5, 5.41) is 64.1. The largest absolute Gasteiger partial charge is 0.508 e. The van der Waals surface area contributed by atoms with Gasteiger partial charge in [-0.25, -0.2) is 0 Å². The molecule has 32 nitrogen and oxygen atoms in total. The van der Waals surface area contributed by atoms with Crippen LogP contribution in [0.4, 0.5) is 0 Å². The summed E-state index contributed by atoms with van der Waals surface area (Å²) in [5.74, 6) is -10.2. The Labute approximate surface area is 647 Å². The third-order valence-electron chi connectivity index (χ3n) is 18.5. The van der Waals surface area contributed by atoms with E-state index in [1.54, 1.807) is 39.3 Å². The van der Waals surface area contributed by atoms with Crippen LogP contribution in [0.25, 0.3) is 10.9 Å². The Morgan fingerprint density at radius 2 is 1.45 bits per heavy atom. The van der Waals surface area contributed by atoms with E-state index in [4.69, 9.17) is 33.5 Å². The minimum Gasteiger partial charge on any atom is -0.508 e. The summed E-state index contributed by atoms with van der Waals surface area (Å²) in [4.78, 5) is 175. The van der Waals surface area contributed by atoms with Crippen molar-refractivity contribution in [2.75, 3.05) is 99.0 Å². The molecule has 3 heterocycles. The maximum Gasteiger partial charge on any atom is 0.307 e. The van der Waals surface area contributed by atoms with E-state index in [9.17, 15) is 82.8 Å². The first-order valence-electron chi connectivity index (χ1n) is 37.7. The van der Waals surface area contributed by atoms with Crippen LogP contribution in [-0.2, 0) is 104 Å². The third-order valence-corrected chi connectivity index (χ3v) is 19.7. The van der Waals surface area contributed by atoms with Crippen molar-refractivity contribution in [3.05, 3.63) is 65.9 Å². The number of Topliss-reactive ketones (excluding diaryl/α,β-unsaturated/α-hetero) is 3. The molecule has 11 N–H and O–H groups in total. The van der Waals surface area contributed by atoms with Crippen molar-refractivity contribution in [2.45, 2.75) is 193 Å². The number of phenols is 1. The second-order valence-corrected chi connectivity index (χ2v) is 29.4. The van der Waals surface area contributed by atoms with E-state index in [1.165, 1.54) is 47.7 Å². The first-order chi connectivity index (χ1) is 52.5. The minimum absolute atomic E-state index is 0.00637. The van der Waals surface area contributed by atoms with Crippen LogP contribution in [0.15, 0.2) is 54.7 Å². The van der Waals surface area contributed by atoms with Crippen molar-refractivity contribution in [1.29, 1.82) is 0 Å². The lowest BCUT2D eigenvalue weighted by Crippen LogP contribution is -2.57. The zero-order chi connectivity index (χ0) is 81.4. The number of hydrogen-bond donors (Lipinski definition) is 11. The molecule has 8 amide bonds. The number of carbonyl (C=O) groups excluding carboxylic acids is 12. The number of para-hydroxylation sites is 1. The van der Waals surface area contributed by atoms with Crippen LogP contribution in [0.3, 0.4) is 0 Å². The first-order valence-corrected chi connectivity index (χ1v) is 38.8. The van der Waals surface area contributed by atoms with Crippen molar-refractivity contribution < 1.29 is 116 Å². The maximum absolute atomic E-state index is 14.2. The number of amides is 8. The lowest BCUT2D eigenvalue weighted by atomic mass is 9.86. The number of aliphatic hydroxyl groups excluding tert-OH is 3. The van der Waals surface area contributed by atoms with E-state index in [2.05, 4.69) is 31.6 Å². The number of benzene rings is 2. The number of thioether (sulfide) groups is 1. The number of aromatic hydroxyl groups is 1. The van der Waals surface area contributed by atoms with Crippen LogP contribution in [0.2, 0.25) is 0 Å². The molecule has 0 radical (unpaired) electrons. The SMILES string of the molecule is CCC(CO)OC(COC(=O)CCCC(=O)NCCN1C(=O)CC(SCCOC)C1=O)OC.CCCC(=O)NCCOCCOCC(=O)C[C@@H](CC(C)C)C(=O)N[C@H](C(=O)C[C@H](C(=O)N[C@@H](CO)C(=O)N1CCC[C@H]1C(=O)N[C@@H](Cc1c[nH]c2ccccc12)C(=O)C[C@@H](Cc1ccc(O)cc1)C(=O)O)C(C)C)[C@@H](C)O. The molecule has 2 fully saturated rings. The van der Waals surface area contributed by atoms with E-state index < -0.39 is 138 Å². The van der Waals surface area contributed by atoms with Crippen LogP contribution < -0.4 is 26.6 Å². The van der Waals surface area contributed by atoms with Crippen molar-refractivity contribution in [1.82, 2.24) is 41.4 Å². The molecule has 3 aromatic rings. The Balaban J connectivity index is 0.000000645. The number of ketones is 3. The van der Waals surface area contributed by atoms with Gasteiger partial charge in [0.1, 0.15) is 37.1 Å². The number of phenolic OH excluding ortho intramolecular Hbond substituents is 1. The van der Waals surface area contributed by atoms with Crippen LogP contribution in [0.1, 0.15) is 143 Å². The first kappa shape index (κ1) is 94.1. The fraction of sp³-hybridized carbons (Fsp3) is 0.649. The Bertz CT molecular complexity index is 3440. The molecular formula is C77H116N8O24S. The van der Waals surface area contributed by atoms with Gasteiger partial charge >= 0.3 is 11.9 Å². The number of aliphatic hydroxyl groups is 3. The summed E-state index contributed by atoms with van der Waals surface area (Å²) >= 11 is 1.39. The van der Waals surface area contributed by atoms with E-state index in [1.807, 2.05) is 52.0 Å². The number of esters is 1. The van der Waals surface area contributed by atoms with Gasteiger partial charge in [-0.15, -0.1) is 11.8 Å². The number of imide groups is 1. The number of aromatic amines is 1. The zero-order valence-corrected chi connectivity index (χ0v) is 65.6. The second kappa shape index (κ2) is 50.6. The zero-order valence-electron chi connectivity index (χ0n) is 64.8. The third kappa shape index (κ3) is 33.0. The fourth-order valence-electron chi connectivity index (χ4n) is 12.4. The van der Waals surface area contributed by atoms with Crippen LogP contribution in [0, 0.1) is 29.6 Å². The fourth-order valence-corrected chi connectivity index (χ4v) is 13.5. The van der Waals surface area contributed by atoms with Gasteiger partial charge < -0.3 is 90.4 Å². The van der Waals surface area contributed by atoms with E-state index in [0.717, 1.165) is 17.3 Å². The number of aromatic nitrogens is 1. The van der Waals surface area contributed by atoms with Gasteiger partial charge in [-0.05, 0) is 93.0 Å². The highest BCUT2D eigenvalue weighted by atomic mass is 32.2. The minimum atomic E-state index is -1.56. The van der Waals surface area contributed by atoms with Gasteiger partial charge in [0.25, 0.3) is 0 Å². The molecule has 0 aliphatic carbocycles. The number of H-pyrrole nitrogens is 1. The number of carboxylic acid groups (broad SMARTS) is 1. The Hall–Kier alpha value is -8.28. The number of aliphatic carboxylic acids is 1. The van der Waals surface area contributed by atoms with Crippen molar-refractivity contribution in [3.8, 4) is 5.75 Å². The van der Waals surface area contributed by atoms with Gasteiger partial charge in [0.05, 0.1) is 69.1 Å². The topological polar surface area (TPSA) is 461 Å². The molecule has 110 heavy (non-hydrogen) atoms. The monoisotopic (exact) mass is 1570 g/mol. The average Bonchev–Trinajstić information content (AvgIpc) is 1.64. The molecule has 11 atom stereocenters. The van der Waals surface area contributed by atoms with Crippen LogP contribution in [-0.4, -0.2) is 264 Å². The molecule has 5 rings (SSSR count). The molecule has 2 saturated heterocycles. The van der Waals surface area contributed by atoms with E-state index in [-0.39, 0.29) is 158 Å². The maximum atomic E-state index is 14.2. The number of methoxy groups -OCH3 is 2. The average molecular weight is 1570 g/mol. The van der Waals surface area contributed by atoms with Gasteiger partial charge in [-0.1, -0.05) is 71.9 Å². The number of nitrogens with zero attached hydrogens (tertiary/aromatic N) is 2. The molecule has 3 unspecified atom stereocenters. The van der Waals surface area contributed by atoms with Crippen LogP contribution >= 0.6 is 11.8 Å². The quantitative estimate of drug-likeness (QED) is 0.0167. The van der Waals surface area contributed by atoms with Gasteiger partial charge in [-0.2, -0.15) is 0 Å². The molecule has 0 spiro atoms. The molecule has 33 heteroatoms. The molecular weight excluding hydrogens is 1450 g/mol. The number of rotatable bonds is 53. The Morgan fingerprint density at radius 1 is 0.745 bits per heavy atom. The highest BCUT2D eigenvalue weighted by Gasteiger charge is 2.42. The molecule has 2 aliphatic rings. The Kier molecular flexibility index (Phi) is 43.3. The van der Waals surface area contributed by atoms with Crippen molar-refractivity contribution in [3.63, 3.8) is 0 Å². The van der Waals surface area contributed by atoms with Gasteiger partial charge in [-0.3, -0.25) is 67.2 Å².